The first kappa shape index (κ1) is 14.4. The smallest absolute Gasteiger partial charge is 0.399 e. The van der Waals surface area contributed by atoms with Crippen LogP contribution in [0.25, 0.3) is 11.5 Å². The topological polar surface area (TPSA) is 111 Å². The lowest BCUT2D eigenvalue weighted by Gasteiger charge is -2.00. The molecule has 0 bridgehead atoms. The summed E-state index contributed by atoms with van der Waals surface area (Å²) in [5.41, 5.74) is 4.03. The molecule has 9 nitrogen and oxygen atoms in total. The maximum Gasteiger partial charge on any atom is 0.433 e. The van der Waals surface area contributed by atoms with Crippen molar-refractivity contribution in [1.29, 1.82) is 0 Å². The van der Waals surface area contributed by atoms with E-state index >= 15 is 0 Å². The van der Waals surface area contributed by atoms with Crippen LogP contribution in [0, 0.1) is 10.1 Å². The zero-order valence-electron chi connectivity index (χ0n) is 12.1. The molecule has 0 saturated heterocycles. The van der Waals surface area contributed by atoms with Crippen LogP contribution in [-0.4, -0.2) is 25.9 Å². The average molecular weight is 312 g/mol. The van der Waals surface area contributed by atoms with Gasteiger partial charge in [0.25, 0.3) is 0 Å². The summed E-state index contributed by atoms with van der Waals surface area (Å²) in [6.07, 6.45) is 4.79. The summed E-state index contributed by atoms with van der Waals surface area (Å²) in [6.45, 7) is 0. The quantitative estimate of drug-likeness (QED) is 0.440. The third kappa shape index (κ3) is 3.07. The molecule has 3 aromatic heterocycles. The number of aromatic nitrogens is 3. The molecular weight excluding hydrogens is 300 g/mol. The molecule has 0 fully saturated rings. The minimum atomic E-state index is -0.587. The van der Waals surface area contributed by atoms with Gasteiger partial charge in [-0.05, 0) is 18.2 Å². The molecule has 0 radical (unpaired) electrons. The Morgan fingerprint density at radius 3 is 2.96 bits per heavy atom. The van der Waals surface area contributed by atoms with E-state index in [1.165, 1.54) is 12.1 Å². The molecule has 0 spiro atoms. The zero-order chi connectivity index (χ0) is 16.2. The molecule has 1 N–H and O–H groups in total. The molecule has 3 aromatic rings. The van der Waals surface area contributed by atoms with E-state index in [4.69, 9.17) is 4.42 Å². The van der Waals surface area contributed by atoms with E-state index in [0.717, 1.165) is 0 Å². The van der Waals surface area contributed by atoms with Crippen molar-refractivity contribution < 1.29 is 9.34 Å². The molecule has 3 heterocycles. The Hall–Kier alpha value is -3.49. The molecule has 9 heteroatoms. The van der Waals surface area contributed by atoms with Crippen LogP contribution < -0.4 is 5.43 Å². The Morgan fingerprint density at radius 2 is 2.26 bits per heavy atom. The number of pyridine rings is 1. The number of nitrogens with one attached hydrogen (secondary N) is 1. The fourth-order valence-electron chi connectivity index (χ4n) is 2.00. The van der Waals surface area contributed by atoms with Gasteiger partial charge < -0.3 is 4.42 Å². The van der Waals surface area contributed by atoms with Gasteiger partial charge in [-0.3, -0.25) is 20.2 Å². The van der Waals surface area contributed by atoms with Crippen molar-refractivity contribution in [3.8, 4) is 11.5 Å². The first-order valence-electron chi connectivity index (χ1n) is 6.62. The van der Waals surface area contributed by atoms with E-state index < -0.39 is 4.92 Å². The molecule has 0 aliphatic carbocycles. The number of nitro groups is 1. The van der Waals surface area contributed by atoms with E-state index in [0.29, 0.717) is 22.8 Å². The van der Waals surface area contributed by atoms with Crippen molar-refractivity contribution in [3.63, 3.8) is 0 Å². The lowest BCUT2D eigenvalue weighted by Crippen LogP contribution is -1.96. The normalized spacial score (nSPS) is 11.0. The number of nitrogens with zero attached hydrogens (tertiary/aromatic N) is 5. The average Bonchev–Trinajstić information content (AvgIpc) is 3.15. The van der Waals surface area contributed by atoms with Gasteiger partial charge in [-0.2, -0.15) is 10.2 Å². The van der Waals surface area contributed by atoms with Crippen LogP contribution in [0.15, 0.2) is 52.2 Å². The van der Waals surface area contributed by atoms with Crippen molar-refractivity contribution in [1.82, 2.24) is 14.8 Å². The number of furan rings is 1. The van der Waals surface area contributed by atoms with E-state index in [9.17, 15) is 10.1 Å². The fraction of sp³-hybridized carbons (Fsp3) is 0.0714. The highest BCUT2D eigenvalue weighted by Crippen LogP contribution is 2.27. The van der Waals surface area contributed by atoms with E-state index in [2.05, 4.69) is 20.6 Å². The summed E-state index contributed by atoms with van der Waals surface area (Å²) in [4.78, 5) is 14.2. The Morgan fingerprint density at radius 1 is 1.39 bits per heavy atom. The summed E-state index contributed by atoms with van der Waals surface area (Å²) < 4.78 is 6.78. The number of hydrazone groups is 1. The summed E-state index contributed by atoms with van der Waals surface area (Å²) in [7, 11) is 1.72. The molecule has 23 heavy (non-hydrogen) atoms. The maximum atomic E-state index is 10.7. The van der Waals surface area contributed by atoms with E-state index in [1.54, 1.807) is 42.5 Å². The van der Waals surface area contributed by atoms with Crippen LogP contribution in [-0.2, 0) is 7.05 Å². The minimum Gasteiger partial charge on any atom is -0.399 e. The Labute approximate surface area is 130 Å². The van der Waals surface area contributed by atoms with Crippen LogP contribution in [0.1, 0.15) is 5.56 Å². The summed E-state index contributed by atoms with van der Waals surface area (Å²) in [6, 6.07) is 8.24. The molecule has 3 rings (SSSR count). The first-order valence-corrected chi connectivity index (χ1v) is 6.62. The van der Waals surface area contributed by atoms with Gasteiger partial charge in [-0.1, -0.05) is 6.07 Å². The highest BCUT2D eigenvalue weighted by molar-refractivity contribution is 5.88. The Balaban J connectivity index is 1.85. The second kappa shape index (κ2) is 6.10. The highest BCUT2D eigenvalue weighted by Gasteiger charge is 2.18. The predicted molar refractivity (Wildman–Crippen MR) is 83.0 cm³/mol. The third-order valence-electron chi connectivity index (χ3n) is 3.02. The molecule has 0 unspecified atom stereocenters. The van der Waals surface area contributed by atoms with Gasteiger partial charge >= 0.3 is 5.88 Å². The molecule has 0 amide bonds. The predicted octanol–water partition coefficient (Wildman–Crippen LogP) is 2.43. The third-order valence-corrected chi connectivity index (χ3v) is 3.02. The molecular formula is C14H12N6O3. The number of aryl methyl sites for hydroxylation is 1. The maximum absolute atomic E-state index is 10.7. The van der Waals surface area contributed by atoms with Gasteiger partial charge in [0.2, 0.25) is 0 Å². The first-order chi connectivity index (χ1) is 11.1. The molecule has 0 aliphatic heterocycles. The molecule has 0 atom stereocenters. The van der Waals surface area contributed by atoms with E-state index in [1.807, 2.05) is 6.07 Å². The molecule has 0 aromatic carbocycles. The Kier molecular flexibility index (Phi) is 3.83. The number of anilines is 1. The van der Waals surface area contributed by atoms with Gasteiger partial charge in [0.1, 0.15) is 16.4 Å². The SMILES string of the molecule is Cn1ncc(C=NNc2ccccn2)c1-c1ccc([N+](=O)[O-])o1. The standard InChI is InChI=1S/C14H12N6O3/c1-19-14(11-5-6-13(23-11)20(21)22)10(9-17-19)8-16-18-12-4-2-3-7-15-12/h2-9H,1H3,(H,15,18). The van der Waals surface area contributed by atoms with Crippen LogP contribution in [0.3, 0.4) is 0 Å². The molecule has 0 saturated carbocycles. The van der Waals surface area contributed by atoms with Gasteiger partial charge in [0, 0.05) is 18.8 Å². The number of hydrogen-bond acceptors (Lipinski definition) is 7. The van der Waals surface area contributed by atoms with Gasteiger partial charge in [0.15, 0.2) is 5.76 Å². The van der Waals surface area contributed by atoms with Crippen molar-refractivity contribution >= 4 is 17.9 Å². The van der Waals surface area contributed by atoms with Crippen LogP contribution in [0.5, 0.6) is 0 Å². The largest absolute Gasteiger partial charge is 0.433 e. The minimum absolute atomic E-state index is 0.323. The lowest BCUT2D eigenvalue weighted by molar-refractivity contribution is -0.401. The summed E-state index contributed by atoms with van der Waals surface area (Å²) >= 11 is 0. The second-order valence-corrected chi connectivity index (χ2v) is 4.55. The zero-order valence-corrected chi connectivity index (χ0v) is 12.1. The van der Waals surface area contributed by atoms with Crippen molar-refractivity contribution in [2.24, 2.45) is 12.1 Å². The second-order valence-electron chi connectivity index (χ2n) is 4.55. The summed E-state index contributed by atoms with van der Waals surface area (Å²) in [5.74, 6) is 0.620. The van der Waals surface area contributed by atoms with Crippen molar-refractivity contribution in [2.75, 3.05) is 5.43 Å². The monoisotopic (exact) mass is 312 g/mol. The van der Waals surface area contributed by atoms with Gasteiger partial charge in [-0.15, -0.1) is 0 Å². The van der Waals surface area contributed by atoms with Crippen LogP contribution in [0.2, 0.25) is 0 Å². The summed E-state index contributed by atoms with van der Waals surface area (Å²) in [5, 5.41) is 18.9. The van der Waals surface area contributed by atoms with Crippen molar-refractivity contribution in [2.45, 2.75) is 0 Å². The van der Waals surface area contributed by atoms with Gasteiger partial charge in [-0.25, -0.2) is 4.98 Å². The van der Waals surface area contributed by atoms with E-state index in [-0.39, 0.29) is 5.88 Å². The van der Waals surface area contributed by atoms with Gasteiger partial charge in [0.05, 0.1) is 18.5 Å². The van der Waals surface area contributed by atoms with Crippen LogP contribution >= 0.6 is 0 Å². The number of rotatable bonds is 5. The van der Waals surface area contributed by atoms with Crippen molar-refractivity contribution in [3.05, 3.63) is 58.4 Å². The number of hydrogen-bond donors (Lipinski definition) is 1. The Bertz CT molecular complexity index is 853. The molecule has 0 aliphatic rings. The fourth-order valence-corrected chi connectivity index (χ4v) is 2.00. The highest BCUT2D eigenvalue weighted by atomic mass is 16.6. The van der Waals surface area contributed by atoms with Crippen LogP contribution in [0.4, 0.5) is 11.7 Å². The lowest BCUT2D eigenvalue weighted by atomic mass is 10.2. The molecule has 116 valence electrons.